The van der Waals surface area contributed by atoms with Gasteiger partial charge in [-0.1, -0.05) is 30.3 Å². The lowest BCUT2D eigenvalue weighted by atomic mass is 10.1. The summed E-state index contributed by atoms with van der Waals surface area (Å²) in [6.07, 6.45) is 5.93. The molecule has 2 heterocycles. The summed E-state index contributed by atoms with van der Waals surface area (Å²) in [7, 11) is 0. The maximum atomic E-state index is 12.2. The number of hydrogen-bond acceptors (Lipinski definition) is 1. The molecule has 0 radical (unpaired) electrons. The van der Waals surface area contributed by atoms with E-state index in [1.54, 1.807) is 0 Å². The van der Waals surface area contributed by atoms with Crippen LogP contribution in [0, 0.1) is 6.92 Å². The summed E-state index contributed by atoms with van der Waals surface area (Å²) in [6.45, 7) is 2.41. The summed E-state index contributed by atoms with van der Waals surface area (Å²) >= 11 is 0. The minimum atomic E-state index is 0. The molecule has 0 aliphatic rings. The van der Waals surface area contributed by atoms with Crippen LogP contribution >= 0.6 is 0 Å². The Morgan fingerprint density at radius 2 is 1.85 bits per heavy atom. The fourth-order valence-corrected chi connectivity index (χ4v) is 2.28. The van der Waals surface area contributed by atoms with Gasteiger partial charge in [0.2, 0.25) is 18.0 Å². The molecule has 20 heavy (non-hydrogen) atoms. The van der Waals surface area contributed by atoms with Gasteiger partial charge in [-0.2, -0.15) is 4.57 Å². The van der Waals surface area contributed by atoms with Gasteiger partial charge in [-0.05, 0) is 12.1 Å². The highest BCUT2D eigenvalue weighted by atomic mass is 127. The lowest BCUT2D eigenvalue weighted by Gasteiger charge is -2.02. The molecule has 0 N–H and O–H groups in total. The summed E-state index contributed by atoms with van der Waals surface area (Å²) in [5.74, 6) is 0.129. The van der Waals surface area contributed by atoms with Crippen molar-refractivity contribution in [3.05, 3.63) is 72.3 Å². The lowest BCUT2D eigenvalue weighted by molar-refractivity contribution is -0.688. The Kier molecular flexibility index (Phi) is 4.54. The molecule has 0 aliphatic heterocycles. The Bertz CT molecular complexity index is 735. The molecule has 3 aromatic rings. The van der Waals surface area contributed by atoms with E-state index in [0.29, 0.717) is 6.54 Å². The SMILES string of the molecule is Cc1c2cccn2cc[n+]1CC(=O)c1ccccc1.[I-]. The molecule has 0 saturated carbocycles. The van der Waals surface area contributed by atoms with E-state index in [4.69, 9.17) is 0 Å². The van der Waals surface area contributed by atoms with Crippen LogP contribution in [0.5, 0.6) is 0 Å². The van der Waals surface area contributed by atoms with Crippen LogP contribution in [0.2, 0.25) is 0 Å². The smallest absolute Gasteiger partial charge is 0.227 e. The zero-order valence-electron chi connectivity index (χ0n) is 11.2. The van der Waals surface area contributed by atoms with Crippen LogP contribution in [-0.2, 0) is 6.54 Å². The molecule has 1 aromatic carbocycles. The minimum absolute atomic E-state index is 0. The molecule has 102 valence electrons. The van der Waals surface area contributed by atoms with Crippen LogP contribution in [-0.4, -0.2) is 10.2 Å². The van der Waals surface area contributed by atoms with Crippen molar-refractivity contribution < 1.29 is 33.3 Å². The molecule has 3 rings (SSSR count). The summed E-state index contributed by atoms with van der Waals surface area (Å²) in [4.78, 5) is 12.2. The molecular formula is C16H15IN2O. The Hall–Kier alpha value is -1.69. The van der Waals surface area contributed by atoms with E-state index in [-0.39, 0.29) is 29.8 Å². The molecule has 0 saturated heterocycles. The zero-order chi connectivity index (χ0) is 13.2. The predicted octanol–water partition coefficient (Wildman–Crippen LogP) is -0.578. The van der Waals surface area contributed by atoms with E-state index in [2.05, 4.69) is 10.5 Å². The fraction of sp³-hybridized carbons (Fsp3) is 0.125. The average molecular weight is 378 g/mol. The number of fused-ring (bicyclic) bond motifs is 1. The van der Waals surface area contributed by atoms with Crippen molar-refractivity contribution in [3.8, 4) is 0 Å². The van der Waals surface area contributed by atoms with Crippen molar-refractivity contribution in [1.82, 2.24) is 4.40 Å². The van der Waals surface area contributed by atoms with E-state index in [0.717, 1.165) is 16.8 Å². The third-order valence-corrected chi connectivity index (χ3v) is 3.40. The third kappa shape index (κ3) is 2.75. The van der Waals surface area contributed by atoms with Crippen LogP contribution < -0.4 is 28.5 Å². The molecule has 0 bridgehead atoms. The van der Waals surface area contributed by atoms with Crippen LogP contribution in [0.3, 0.4) is 0 Å². The van der Waals surface area contributed by atoms with Gasteiger partial charge in [0.25, 0.3) is 0 Å². The Labute approximate surface area is 134 Å². The van der Waals surface area contributed by atoms with Crippen molar-refractivity contribution in [2.75, 3.05) is 0 Å². The molecule has 0 unspecified atom stereocenters. The van der Waals surface area contributed by atoms with Gasteiger partial charge in [0.15, 0.2) is 6.20 Å². The first kappa shape index (κ1) is 14.7. The van der Waals surface area contributed by atoms with E-state index in [9.17, 15) is 4.79 Å². The molecule has 0 amide bonds. The van der Waals surface area contributed by atoms with Gasteiger partial charge in [-0.15, -0.1) is 0 Å². The lowest BCUT2D eigenvalue weighted by Crippen LogP contribution is -3.00. The van der Waals surface area contributed by atoms with Gasteiger partial charge in [-0.3, -0.25) is 4.79 Å². The largest absolute Gasteiger partial charge is 1.00 e. The van der Waals surface area contributed by atoms with E-state index >= 15 is 0 Å². The third-order valence-electron chi connectivity index (χ3n) is 3.40. The standard InChI is InChI=1S/C16H15N2O.HI/c1-13-15-8-5-9-17(15)10-11-18(13)12-16(19)14-6-3-2-4-7-14;/h2-11H,12H2,1H3;1H/q+1;/p-1. The number of Topliss-reactive ketones (excluding diaryl/α,β-unsaturated/α-hetero) is 1. The number of rotatable bonds is 3. The number of aromatic nitrogens is 2. The van der Waals surface area contributed by atoms with Crippen LogP contribution in [0.25, 0.3) is 5.52 Å². The maximum absolute atomic E-state index is 12.2. The molecule has 0 spiro atoms. The van der Waals surface area contributed by atoms with Crippen molar-refractivity contribution in [2.24, 2.45) is 0 Å². The Morgan fingerprint density at radius 3 is 2.60 bits per heavy atom. The number of hydrogen-bond donors (Lipinski definition) is 0. The number of carbonyl (C=O) groups excluding carboxylic acids is 1. The number of benzene rings is 1. The Morgan fingerprint density at radius 1 is 1.10 bits per heavy atom. The van der Waals surface area contributed by atoms with Gasteiger partial charge in [0.05, 0.1) is 6.20 Å². The van der Waals surface area contributed by atoms with E-state index in [1.807, 2.05) is 66.5 Å². The fourth-order valence-electron chi connectivity index (χ4n) is 2.28. The van der Waals surface area contributed by atoms with E-state index < -0.39 is 0 Å². The highest BCUT2D eigenvalue weighted by Crippen LogP contribution is 2.07. The molecule has 0 fully saturated rings. The first-order valence-electron chi connectivity index (χ1n) is 6.30. The van der Waals surface area contributed by atoms with Crippen LogP contribution in [0.15, 0.2) is 61.1 Å². The normalized spacial score (nSPS) is 10.2. The summed E-state index contributed by atoms with van der Waals surface area (Å²) in [5, 5.41) is 0. The highest BCUT2D eigenvalue weighted by molar-refractivity contribution is 5.94. The number of nitrogens with zero attached hydrogens (tertiary/aromatic N) is 2. The van der Waals surface area contributed by atoms with Crippen LogP contribution in [0.1, 0.15) is 16.1 Å². The van der Waals surface area contributed by atoms with Gasteiger partial charge in [0.1, 0.15) is 5.52 Å². The van der Waals surface area contributed by atoms with Gasteiger partial charge < -0.3 is 28.4 Å². The molecule has 2 aromatic heterocycles. The number of carbonyl (C=O) groups is 1. The average Bonchev–Trinajstić information content (AvgIpc) is 2.92. The summed E-state index contributed by atoms with van der Waals surface area (Å²) in [5.41, 5.74) is 2.98. The Balaban J connectivity index is 0.00000147. The van der Waals surface area contributed by atoms with Crippen molar-refractivity contribution >= 4 is 11.3 Å². The topological polar surface area (TPSA) is 25.4 Å². The number of aryl methyl sites for hydroxylation is 1. The monoisotopic (exact) mass is 378 g/mol. The minimum Gasteiger partial charge on any atom is -1.00 e. The first-order chi connectivity index (χ1) is 9.25. The number of ketones is 1. The zero-order valence-corrected chi connectivity index (χ0v) is 13.3. The molecule has 0 aliphatic carbocycles. The van der Waals surface area contributed by atoms with Crippen molar-refractivity contribution in [3.63, 3.8) is 0 Å². The molecule has 4 heteroatoms. The summed E-state index contributed by atoms with van der Waals surface area (Å²) < 4.78 is 4.05. The summed E-state index contributed by atoms with van der Waals surface area (Å²) in [6, 6.07) is 13.5. The van der Waals surface area contributed by atoms with Crippen molar-refractivity contribution in [1.29, 1.82) is 0 Å². The number of halogens is 1. The second-order valence-electron chi connectivity index (χ2n) is 4.60. The van der Waals surface area contributed by atoms with Crippen molar-refractivity contribution in [2.45, 2.75) is 13.5 Å². The highest BCUT2D eigenvalue weighted by Gasteiger charge is 2.16. The predicted molar refractivity (Wildman–Crippen MR) is 73.1 cm³/mol. The first-order valence-corrected chi connectivity index (χ1v) is 6.30. The molecule has 0 atom stereocenters. The molecular weight excluding hydrogens is 363 g/mol. The molecule has 3 nitrogen and oxygen atoms in total. The van der Waals surface area contributed by atoms with Gasteiger partial charge >= 0.3 is 0 Å². The second kappa shape index (κ2) is 6.17. The van der Waals surface area contributed by atoms with Gasteiger partial charge in [-0.25, -0.2) is 0 Å². The maximum Gasteiger partial charge on any atom is 0.227 e. The second-order valence-corrected chi connectivity index (χ2v) is 4.60. The van der Waals surface area contributed by atoms with Gasteiger partial charge in [0, 0.05) is 18.7 Å². The van der Waals surface area contributed by atoms with E-state index in [1.165, 1.54) is 0 Å². The quantitative estimate of drug-likeness (QED) is 0.340. The van der Waals surface area contributed by atoms with Crippen LogP contribution in [0.4, 0.5) is 0 Å².